The molecule has 1 heterocycles. The molecule has 18 heavy (non-hydrogen) atoms. The Kier molecular flexibility index (Phi) is 4.62. The third kappa shape index (κ3) is 3.69. The highest BCUT2D eigenvalue weighted by Crippen LogP contribution is 2.28. The fourth-order valence-electron chi connectivity index (χ4n) is 2.10. The van der Waals surface area contributed by atoms with Crippen molar-refractivity contribution in [2.45, 2.75) is 52.6 Å². The van der Waals surface area contributed by atoms with Gasteiger partial charge in [0.15, 0.2) is 5.13 Å². The molecule has 0 spiro atoms. The lowest BCUT2D eigenvalue weighted by Crippen LogP contribution is -2.22. The van der Waals surface area contributed by atoms with Crippen LogP contribution in [0.3, 0.4) is 0 Å². The number of aryl methyl sites for hydroxylation is 1. The average Bonchev–Trinajstić information content (AvgIpc) is 3.04. The van der Waals surface area contributed by atoms with Crippen LogP contribution in [0.5, 0.6) is 0 Å². The lowest BCUT2D eigenvalue weighted by molar-refractivity contribution is 0.637. The van der Waals surface area contributed by atoms with Gasteiger partial charge in [-0.15, -0.1) is 11.3 Å². The summed E-state index contributed by atoms with van der Waals surface area (Å²) in [6.07, 6.45) is 3.73. The standard InChI is InChI=1S/C14H25N3S/c1-5-12-13(8-15-11-6-7-11)18-14(16-12)17(4)9-10(2)3/h10-11,15H,5-9H2,1-4H3. The highest BCUT2D eigenvalue weighted by molar-refractivity contribution is 7.15. The van der Waals surface area contributed by atoms with E-state index >= 15 is 0 Å². The summed E-state index contributed by atoms with van der Waals surface area (Å²) in [7, 11) is 2.15. The second-order valence-corrected chi connectivity index (χ2v) is 6.71. The van der Waals surface area contributed by atoms with Crippen LogP contribution in [0.25, 0.3) is 0 Å². The molecule has 0 amide bonds. The molecule has 3 nitrogen and oxygen atoms in total. The van der Waals surface area contributed by atoms with Gasteiger partial charge in [0.05, 0.1) is 5.69 Å². The van der Waals surface area contributed by atoms with Gasteiger partial charge in [-0.05, 0) is 25.2 Å². The summed E-state index contributed by atoms with van der Waals surface area (Å²) >= 11 is 1.86. The van der Waals surface area contributed by atoms with Gasteiger partial charge in [-0.3, -0.25) is 0 Å². The molecule has 0 aromatic carbocycles. The second kappa shape index (κ2) is 6.02. The minimum Gasteiger partial charge on any atom is -0.351 e. The van der Waals surface area contributed by atoms with E-state index in [1.54, 1.807) is 0 Å². The summed E-state index contributed by atoms with van der Waals surface area (Å²) in [6.45, 7) is 8.77. The molecule has 1 aromatic heterocycles. The minimum atomic E-state index is 0.678. The third-order valence-corrected chi connectivity index (χ3v) is 4.41. The molecule has 1 aromatic rings. The zero-order valence-electron chi connectivity index (χ0n) is 12.0. The van der Waals surface area contributed by atoms with Crippen LogP contribution >= 0.6 is 11.3 Å². The maximum Gasteiger partial charge on any atom is 0.185 e. The van der Waals surface area contributed by atoms with E-state index in [2.05, 4.69) is 38.0 Å². The van der Waals surface area contributed by atoms with Crippen LogP contribution in [0.4, 0.5) is 5.13 Å². The Labute approximate surface area is 115 Å². The highest BCUT2D eigenvalue weighted by Gasteiger charge is 2.21. The molecule has 0 saturated heterocycles. The van der Waals surface area contributed by atoms with Gasteiger partial charge in [0.2, 0.25) is 0 Å². The van der Waals surface area contributed by atoms with Crippen molar-refractivity contribution in [1.82, 2.24) is 10.3 Å². The van der Waals surface area contributed by atoms with Gasteiger partial charge in [0, 0.05) is 31.1 Å². The number of aromatic nitrogens is 1. The predicted molar refractivity (Wildman–Crippen MR) is 79.5 cm³/mol. The van der Waals surface area contributed by atoms with Crippen LogP contribution in [0.2, 0.25) is 0 Å². The van der Waals surface area contributed by atoms with Crippen molar-refractivity contribution < 1.29 is 0 Å². The molecule has 1 N–H and O–H groups in total. The van der Waals surface area contributed by atoms with Gasteiger partial charge < -0.3 is 10.2 Å². The van der Waals surface area contributed by atoms with Crippen molar-refractivity contribution in [3.05, 3.63) is 10.6 Å². The molecule has 0 atom stereocenters. The predicted octanol–water partition coefficient (Wildman–Crippen LogP) is 3.05. The second-order valence-electron chi connectivity index (χ2n) is 5.65. The number of rotatable bonds is 7. The molecule has 1 aliphatic carbocycles. The van der Waals surface area contributed by atoms with Crippen LogP contribution in [-0.2, 0) is 13.0 Å². The minimum absolute atomic E-state index is 0.678. The Morgan fingerprint density at radius 2 is 2.17 bits per heavy atom. The molecule has 4 heteroatoms. The summed E-state index contributed by atoms with van der Waals surface area (Å²) in [5, 5.41) is 4.77. The summed E-state index contributed by atoms with van der Waals surface area (Å²) in [4.78, 5) is 8.50. The molecule has 0 radical (unpaired) electrons. The summed E-state index contributed by atoms with van der Waals surface area (Å²) < 4.78 is 0. The zero-order valence-corrected chi connectivity index (χ0v) is 12.8. The average molecular weight is 267 g/mol. The Hall–Kier alpha value is -0.610. The third-order valence-electron chi connectivity index (χ3n) is 3.20. The fourth-order valence-corrected chi connectivity index (χ4v) is 3.17. The van der Waals surface area contributed by atoms with E-state index in [0.717, 1.165) is 25.6 Å². The molecular weight excluding hydrogens is 242 g/mol. The van der Waals surface area contributed by atoms with Gasteiger partial charge in [-0.1, -0.05) is 20.8 Å². The van der Waals surface area contributed by atoms with E-state index in [-0.39, 0.29) is 0 Å². The van der Waals surface area contributed by atoms with E-state index in [4.69, 9.17) is 4.98 Å². The number of anilines is 1. The maximum absolute atomic E-state index is 4.78. The van der Waals surface area contributed by atoms with Gasteiger partial charge in [0.25, 0.3) is 0 Å². The molecule has 0 bridgehead atoms. The first-order valence-corrected chi connectivity index (χ1v) is 7.84. The van der Waals surface area contributed by atoms with Crippen molar-refractivity contribution in [3.8, 4) is 0 Å². The van der Waals surface area contributed by atoms with Crippen molar-refractivity contribution >= 4 is 16.5 Å². The summed E-state index contributed by atoms with van der Waals surface area (Å²) in [5.74, 6) is 0.678. The number of nitrogens with one attached hydrogen (secondary N) is 1. The quantitative estimate of drug-likeness (QED) is 0.823. The number of hydrogen-bond donors (Lipinski definition) is 1. The first kappa shape index (κ1) is 13.8. The van der Waals surface area contributed by atoms with Crippen molar-refractivity contribution in [1.29, 1.82) is 0 Å². The lowest BCUT2D eigenvalue weighted by atomic mass is 10.2. The fraction of sp³-hybridized carbons (Fsp3) is 0.786. The smallest absolute Gasteiger partial charge is 0.185 e. The Bertz CT molecular complexity index is 382. The monoisotopic (exact) mass is 267 g/mol. The van der Waals surface area contributed by atoms with Crippen LogP contribution in [-0.4, -0.2) is 24.6 Å². The molecule has 2 rings (SSSR count). The number of thiazole rings is 1. The first-order chi connectivity index (χ1) is 8.60. The van der Waals surface area contributed by atoms with Crippen molar-refractivity contribution in [3.63, 3.8) is 0 Å². The van der Waals surface area contributed by atoms with Crippen LogP contribution in [0, 0.1) is 5.92 Å². The SMILES string of the molecule is CCc1nc(N(C)CC(C)C)sc1CNC1CC1. The Morgan fingerprint density at radius 1 is 1.44 bits per heavy atom. The van der Waals surface area contributed by atoms with Gasteiger partial charge >= 0.3 is 0 Å². The summed E-state index contributed by atoms with van der Waals surface area (Å²) in [5.41, 5.74) is 1.28. The molecule has 1 saturated carbocycles. The molecular formula is C14H25N3S. The van der Waals surface area contributed by atoms with E-state index in [0.29, 0.717) is 5.92 Å². The van der Waals surface area contributed by atoms with E-state index in [1.807, 2.05) is 11.3 Å². The van der Waals surface area contributed by atoms with E-state index in [9.17, 15) is 0 Å². The van der Waals surface area contributed by atoms with Crippen molar-refractivity contribution in [2.75, 3.05) is 18.5 Å². The van der Waals surface area contributed by atoms with Gasteiger partial charge in [0.1, 0.15) is 0 Å². The molecule has 102 valence electrons. The topological polar surface area (TPSA) is 28.2 Å². The van der Waals surface area contributed by atoms with Crippen molar-refractivity contribution in [2.24, 2.45) is 5.92 Å². The molecule has 0 aliphatic heterocycles. The van der Waals surface area contributed by atoms with Crippen LogP contribution < -0.4 is 10.2 Å². The van der Waals surface area contributed by atoms with Crippen LogP contribution in [0.1, 0.15) is 44.2 Å². The summed E-state index contributed by atoms with van der Waals surface area (Å²) in [6, 6.07) is 0.772. The largest absolute Gasteiger partial charge is 0.351 e. The normalized spacial score (nSPS) is 15.4. The zero-order chi connectivity index (χ0) is 13.1. The highest BCUT2D eigenvalue weighted by atomic mass is 32.1. The molecule has 1 aliphatic rings. The van der Waals surface area contributed by atoms with Gasteiger partial charge in [-0.2, -0.15) is 0 Å². The maximum atomic E-state index is 4.78. The number of hydrogen-bond acceptors (Lipinski definition) is 4. The van der Waals surface area contributed by atoms with E-state index in [1.165, 1.54) is 28.5 Å². The Balaban J connectivity index is 2.01. The molecule has 0 unspecified atom stereocenters. The lowest BCUT2D eigenvalue weighted by Gasteiger charge is -2.17. The van der Waals surface area contributed by atoms with Gasteiger partial charge in [-0.25, -0.2) is 4.98 Å². The molecule has 1 fully saturated rings. The Morgan fingerprint density at radius 3 is 2.72 bits per heavy atom. The number of nitrogens with zero attached hydrogens (tertiary/aromatic N) is 2. The first-order valence-electron chi connectivity index (χ1n) is 7.03. The van der Waals surface area contributed by atoms with E-state index < -0.39 is 0 Å². The van der Waals surface area contributed by atoms with Crippen LogP contribution in [0.15, 0.2) is 0 Å².